The maximum Gasteiger partial charge on any atom is 0.259 e. The number of benzene rings is 1. The average molecular weight is 332 g/mol. The van der Waals surface area contributed by atoms with E-state index in [9.17, 15) is 4.79 Å². The highest BCUT2D eigenvalue weighted by Crippen LogP contribution is 2.20. The van der Waals surface area contributed by atoms with Crippen molar-refractivity contribution in [2.24, 2.45) is 0 Å². The zero-order valence-electron chi connectivity index (χ0n) is 13.9. The van der Waals surface area contributed by atoms with E-state index in [0.717, 1.165) is 5.56 Å². The van der Waals surface area contributed by atoms with Crippen molar-refractivity contribution in [3.8, 4) is 11.8 Å². The Hall–Kier alpha value is -3.59. The van der Waals surface area contributed by atoms with Gasteiger partial charge in [-0.05, 0) is 18.1 Å². The van der Waals surface area contributed by atoms with Crippen molar-refractivity contribution in [3.05, 3.63) is 72.1 Å². The highest BCUT2D eigenvalue weighted by molar-refractivity contribution is 6.05. The molecule has 0 fully saturated rings. The number of carbonyl (C=O) groups excluding carboxylic acids is 1. The Morgan fingerprint density at radius 3 is 2.76 bits per heavy atom. The first-order valence-electron chi connectivity index (χ1n) is 7.58. The molecule has 6 nitrogen and oxygen atoms in total. The highest BCUT2D eigenvalue weighted by Gasteiger charge is 2.13. The summed E-state index contributed by atoms with van der Waals surface area (Å²) < 4.78 is 5.35. The maximum absolute atomic E-state index is 12.4. The van der Waals surface area contributed by atoms with Crippen molar-refractivity contribution in [2.45, 2.75) is 0 Å². The second-order valence-corrected chi connectivity index (χ2v) is 5.42. The van der Waals surface area contributed by atoms with E-state index >= 15 is 0 Å². The lowest BCUT2D eigenvalue weighted by molar-refractivity contribution is 0.102. The summed E-state index contributed by atoms with van der Waals surface area (Å²) in [6.45, 7) is 0. The molecular weight excluding hydrogens is 316 g/mol. The van der Waals surface area contributed by atoms with Crippen molar-refractivity contribution in [3.63, 3.8) is 0 Å². The second-order valence-electron chi connectivity index (χ2n) is 5.42. The van der Waals surface area contributed by atoms with E-state index in [0.29, 0.717) is 22.8 Å². The summed E-state index contributed by atoms with van der Waals surface area (Å²) >= 11 is 0. The molecule has 1 N–H and O–H groups in total. The molecule has 2 heterocycles. The van der Waals surface area contributed by atoms with E-state index in [1.54, 1.807) is 17.2 Å². The van der Waals surface area contributed by atoms with E-state index in [4.69, 9.17) is 4.42 Å². The Labute approximate surface area is 145 Å². The summed E-state index contributed by atoms with van der Waals surface area (Å²) in [5.41, 5.74) is 1.78. The number of nitrogens with one attached hydrogen (secondary N) is 1. The Balaban J connectivity index is 1.75. The van der Waals surface area contributed by atoms with Gasteiger partial charge in [0.1, 0.15) is 18.3 Å². The first kappa shape index (κ1) is 16.3. The maximum atomic E-state index is 12.4. The molecule has 0 aliphatic heterocycles. The minimum absolute atomic E-state index is 0.311. The lowest BCUT2D eigenvalue weighted by Gasteiger charge is -2.15. The van der Waals surface area contributed by atoms with Gasteiger partial charge in [0, 0.05) is 25.7 Å². The van der Waals surface area contributed by atoms with Crippen molar-refractivity contribution in [2.75, 3.05) is 24.3 Å². The molecule has 1 amide bonds. The fourth-order valence-corrected chi connectivity index (χ4v) is 2.14. The number of nitrogens with zero attached hydrogens (tertiary/aromatic N) is 3. The minimum atomic E-state index is -0.311. The van der Waals surface area contributed by atoms with Crippen molar-refractivity contribution >= 4 is 17.4 Å². The summed E-state index contributed by atoms with van der Waals surface area (Å²) in [7, 11) is 3.68. The normalized spacial score (nSPS) is 9.84. The van der Waals surface area contributed by atoms with Gasteiger partial charge < -0.3 is 14.6 Å². The molecule has 2 aromatic heterocycles. The van der Waals surface area contributed by atoms with Crippen LogP contribution in [0.3, 0.4) is 0 Å². The third kappa shape index (κ3) is 4.03. The van der Waals surface area contributed by atoms with Crippen molar-refractivity contribution < 1.29 is 9.21 Å². The highest BCUT2D eigenvalue weighted by atomic mass is 16.3. The summed E-state index contributed by atoms with van der Waals surface area (Å²) in [6, 6.07) is 11.2. The van der Waals surface area contributed by atoms with Crippen LogP contribution in [0.5, 0.6) is 0 Å². The molecule has 0 atom stereocenters. The monoisotopic (exact) mass is 332 g/mol. The minimum Gasteiger partial charge on any atom is -0.455 e. The first-order chi connectivity index (χ1) is 12.1. The largest absolute Gasteiger partial charge is 0.455 e. The molecule has 1 aromatic carbocycles. The molecule has 0 radical (unpaired) electrons. The van der Waals surface area contributed by atoms with Crippen LogP contribution in [0.15, 0.2) is 59.6 Å². The van der Waals surface area contributed by atoms with Crippen molar-refractivity contribution in [1.29, 1.82) is 0 Å². The van der Waals surface area contributed by atoms with Crippen LogP contribution in [0.4, 0.5) is 11.5 Å². The van der Waals surface area contributed by atoms with Crippen LogP contribution in [0.25, 0.3) is 0 Å². The molecule has 3 aromatic rings. The number of hydrogen-bond acceptors (Lipinski definition) is 5. The van der Waals surface area contributed by atoms with Crippen LogP contribution in [0.2, 0.25) is 0 Å². The summed E-state index contributed by atoms with van der Waals surface area (Å²) in [5, 5.41) is 2.78. The molecule has 3 rings (SSSR count). The smallest absolute Gasteiger partial charge is 0.259 e. The number of anilines is 2. The van der Waals surface area contributed by atoms with Crippen LogP contribution in [-0.2, 0) is 0 Å². The number of furan rings is 1. The van der Waals surface area contributed by atoms with Gasteiger partial charge in [-0.15, -0.1) is 0 Å². The van der Waals surface area contributed by atoms with E-state index in [2.05, 4.69) is 27.1 Å². The fraction of sp³-hybridized carbons (Fsp3) is 0.105. The summed E-state index contributed by atoms with van der Waals surface area (Å²) in [4.78, 5) is 22.3. The van der Waals surface area contributed by atoms with Crippen LogP contribution in [-0.4, -0.2) is 30.0 Å². The van der Waals surface area contributed by atoms with Gasteiger partial charge in [0.2, 0.25) is 0 Å². The van der Waals surface area contributed by atoms with E-state index in [1.807, 2.05) is 44.4 Å². The van der Waals surface area contributed by atoms with E-state index < -0.39 is 0 Å². The number of hydrogen-bond donors (Lipinski definition) is 1. The van der Waals surface area contributed by atoms with Gasteiger partial charge in [-0.2, -0.15) is 0 Å². The molecular formula is C19H16N4O2. The van der Waals surface area contributed by atoms with Gasteiger partial charge in [0.15, 0.2) is 11.6 Å². The summed E-state index contributed by atoms with van der Waals surface area (Å²) in [5.74, 6) is 6.62. The standard InChI is InChI=1S/C19H16N4O2/c1-23(2)18-17(11-20-13-21-18)22-19(24)15-10-16(25-12-15)9-8-14-6-4-3-5-7-14/h3-7,10-13H,1-2H3,(H,22,24). The van der Waals surface area contributed by atoms with Gasteiger partial charge in [-0.1, -0.05) is 24.1 Å². The predicted molar refractivity (Wildman–Crippen MR) is 95.4 cm³/mol. The van der Waals surface area contributed by atoms with E-state index in [1.165, 1.54) is 12.6 Å². The molecule has 0 bridgehead atoms. The molecule has 25 heavy (non-hydrogen) atoms. The van der Waals surface area contributed by atoms with Gasteiger partial charge in [0.05, 0.1) is 11.8 Å². The molecule has 0 unspecified atom stereocenters. The topological polar surface area (TPSA) is 71.3 Å². The summed E-state index contributed by atoms with van der Waals surface area (Å²) in [6.07, 6.45) is 4.36. The first-order valence-corrected chi connectivity index (χ1v) is 7.58. The molecule has 0 aliphatic carbocycles. The molecule has 0 saturated heterocycles. The molecule has 0 aliphatic rings. The quantitative estimate of drug-likeness (QED) is 0.747. The predicted octanol–water partition coefficient (Wildman–Crippen LogP) is 2.79. The zero-order valence-corrected chi connectivity index (χ0v) is 13.9. The van der Waals surface area contributed by atoms with Crippen LogP contribution >= 0.6 is 0 Å². The van der Waals surface area contributed by atoms with Crippen LogP contribution in [0, 0.1) is 11.8 Å². The SMILES string of the molecule is CN(C)c1ncncc1NC(=O)c1coc(C#Cc2ccccc2)c1. The molecule has 124 valence electrons. The Bertz CT molecular complexity index is 937. The lowest BCUT2D eigenvalue weighted by Crippen LogP contribution is -2.17. The second kappa shape index (κ2) is 7.32. The van der Waals surface area contributed by atoms with Crippen molar-refractivity contribution in [1.82, 2.24) is 9.97 Å². The average Bonchev–Trinajstić information content (AvgIpc) is 3.10. The molecule has 0 spiro atoms. The molecule has 6 heteroatoms. The zero-order chi connectivity index (χ0) is 17.6. The van der Waals surface area contributed by atoms with Gasteiger partial charge in [-0.3, -0.25) is 4.79 Å². The fourth-order valence-electron chi connectivity index (χ4n) is 2.14. The van der Waals surface area contributed by atoms with Crippen LogP contribution in [0.1, 0.15) is 21.7 Å². The Morgan fingerprint density at radius 1 is 1.20 bits per heavy atom. The van der Waals surface area contributed by atoms with Crippen LogP contribution < -0.4 is 10.2 Å². The number of amides is 1. The number of rotatable bonds is 3. The van der Waals surface area contributed by atoms with Gasteiger partial charge in [-0.25, -0.2) is 9.97 Å². The van der Waals surface area contributed by atoms with Gasteiger partial charge in [0.25, 0.3) is 5.91 Å². The Morgan fingerprint density at radius 2 is 2.00 bits per heavy atom. The van der Waals surface area contributed by atoms with Gasteiger partial charge >= 0.3 is 0 Å². The molecule has 0 saturated carbocycles. The third-order valence-electron chi connectivity index (χ3n) is 3.33. The third-order valence-corrected chi connectivity index (χ3v) is 3.33. The number of carbonyl (C=O) groups is 1. The Kier molecular flexibility index (Phi) is 4.77. The lowest BCUT2D eigenvalue weighted by atomic mass is 10.2. The van der Waals surface area contributed by atoms with E-state index in [-0.39, 0.29) is 5.91 Å². The number of aromatic nitrogens is 2.